The molecule has 0 saturated heterocycles. The number of nitrogens with one attached hydrogen (secondary N) is 1. The van der Waals surface area contributed by atoms with E-state index in [9.17, 15) is 4.79 Å². The van der Waals surface area contributed by atoms with Gasteiger partial charge in [0, 0.05) is 6.54 Å². The molecule has 12 heavy (non-hydrogen) atoms. The van der Waals surface area contributed by atoms with Crippen molar-refractivity contribution in [2.75, 3.05) is 6.54 Å². The molecule has 1 atom stereocenters. The zero-order valence-electron chi connectivity index (χ0n) is 8.01. The molecule has 3 heteroatoms. The molecule has 0 aromatic carbocycles. The highest BCUT2D eigenvalue weighted by Gasteiger charge is 2.04. The van der Waals surface area contributed by atoms with Crippen LogP contribution in [0.4, 0.5) is 0 Å². The van der Waals surface area contributed by atoms with E-state index in [1.807, 2.05) is 0 Å². The molecule has 0 amide bonds. The molecule has 0 aliphatic heterocycles. The average Bonchev–Trinajstić information content (AvgIpc) is 2.11. The minimum atomic E-state index is 0.423. The summed E-state index contributed by atoms with van der Waals surface area (Å²) in [5, 5.41) is 0. The summed E-state index contributed by atoms with van der Waals surface area (Å²) < 4.78 is 0. The Labute approximate surface area is 74.4 Å². The van der Waals surface area contributed by atoms with Crippen molar-refractivity contribution in [3.05, 3.63) is 0 Å². The summed E-state index contributed by atoms with van der Waals surface area (Å²) >= 11 is 0. The van der Waals surface area contributed by atoms with Crippen LogP contribution in [0.15, 0.2) is 0 Å². The van der Waals surface area contributed by atoms with Crippen LogP contribution in [0, 0.1) is 5.92 Å². The molecule has 0 aliphatic carbocycles. The van der Waals surface area contributed by atoms with Gasteiger partial charge in [-0.25, -0.2) is 0 Å². The first-order chi connectivity index (χ1) is 5.85. The SMILES string of the molecule is CCCCC(CC)CNOC=O. The summed E-state index contributed by atoms with van der Waals surface area (Å²) in [6.07, 6.45) is 4.82. The van der Waals surface area contributed by atoms with Gasteiger partial charge in [-0.05, 0) is 12.3 Å². The van der Waals surface area contributed by atoms with Gasteiger partial charge in [-0.2, -0.15) is 5.48 Å². The second-order valence-electron chi connectivity index (χ2n) is 2.98. The van der Waals surface area contributed by atoms with Gasteiger partial charge in [0.2, 0.25) is 0 Å². The van der Waals surface area contributed by atoms with Gasteiger partial charge in [0.1, 0.15) is 0 Å². The molecule has 0 aliphatic rings. The first-order valence-corrected chi connectivity index (χ1v) is 4.67. The molecule has 72 valence electrons. The number of unbranched alkanes of at least 4 members (excludes halogenated alkanes) is 1. The van der Waals surface area contributed by atoms with Gasteiger partial charge in [0.05, 0.1) is 0 Å². The van der Waals surface area contributed by atoms with Gasteiger partial charge >= 0.3 is 6.47 Å². The fourth-order valence-electron chi connectivity index (χ4n) is 1.14. The van der Waals surface area contributed by atoms with Crippen molar-refractivity contribution >= 4 is 6.47 Å². The topological polar surface area (TPSA) is 38.3 Å². The predicted octanol–water partition coefficient (Wildman–Crippen LogP) is 1.88. The zero-order valence-corrected chi connectivity index (χ0v) is 8.01. The standard InChI is InChI=1S/C9H19NO2/c1-3-5-6-9(4-2)7-10-12-8-11/h8-10H,3-7H2,1-2H3. The molecule has 0 spiro atoms. The molecule has 1 N–H and O–H groups in total. The lowest BCUT2D eigenvalue weighted by atomic mass is 10.00. The molecule has 3 nitrogen and oxygen atoms in total. The molecule has 0 aromatic heterocycles. The highest BCUT2D eigenvalue weighted by atomic mass is 16.7. The molecule has 0 heterocycles. The third kappa shape index (κ3) is 6.16. The van der Waals surface area contributed by atoms with Crippen LogP contribution in [0.5, 0.6) is 0 Å². The van der Waals surface area contributed by atoms with Gasteiger partial charge in [0.15, 0.2) is 0 Å². The van der Waals surface area contributed by atoms with Crippen LogP contribution in [-0.2, 0) is 9.63 Å². The lowest BCUT2D eigenvalue weighted by molar-refractivity contribution is -0.135. The summed E-state index contributed by atoms with van der Waals surface area (Å²) in [7, 11) is 0. The third-order valence-electron chi connectivity index (χ3n) is 2.05. The van der Waals surface area contributed by atoms with Gasteiger partial charge in [0.25, 0.3) is 0 Å². The van der Waals surface area contributed by atoms with Crippen LogP contribution >= 0.6 is 0 Å². The first kappa shape index (κ1) is 11.4. The van der Waals surface area contributed by atoms with Gasteiger partial charge in [-0.15, -0.1) is 0 Å². The minimum Gasteiger partial charge on any atom is -0.374 e. The largest absolute Gasteiger partial charge is 0.374 e. The van der Waals surface area contributed by atoms with E-state index in [4.69, 9.17) is 0 Å². The Morgan fingerprint density at radius 3 is 2.75 bits per heavy atom. The summed E-state index contributed by atoms with van der Waals surface area (Å²) in [4.78, 5) is 14.2. The van der Waals surface area contributed by atoms with E-state index in [1.54, 1.807) is 0 Å². The van der Waals surface area contributed by atoms with Crippen molar-refractivity contribution in [2.45, 2.75) is 39.5 Å². The zero-order chi connectivity index (χ0) is 9.23. The van der Waals surface area contributed by atoms with Crippen LogP contribution in [0.1, 0.15) is 39.5 Å². The maximum atomic E-state index is 9.80. The fourth-order valence-corrected chi connectivity index (χ4v) is 1.14. The Morgan fingerprint density at radius 1 is 1.50 bits per heavy atom. The second-order valence-corrected chi connectivity index (χ2v) is 2.98. The van der Waals surface area contributed by atoms with Crippen molar-refractivity contribution in [3.8, 4) is 0 Å². The molecular formula is C9H19NO2. The van der Waals surface area contributed by atoms with Crippen molar-refractivity contribution in [1.82, 2.24) is 5.48 Å². The van der Waals surface area contributed by atoms with E-state index >= 15 is 0 Å². The Kier molecular flexibility index (Phi) is 8.12. The van der Waals surface area contributed by atoms with Crippen LogP contribution in [0.3, 0.4) is 0 Å². The molecule has 0 fully saturated rings. The van der Waals surface area contributed by atoms with Crippen LogP contribution in [0.2, 0.25) is 0 Å². The highest BCUT2D eigenvalue weighted by molar-refractivity contribution is 5.36. The summed E-state index contributed by atoms with van der Waals surface area (Å²) in [5.74, 6) is 0.630. The molecule has 0 radical (unpaired) electrons. The normalized spacial score (nSPS) is 12.5. The molecule has 0 aromatic rings. The van der Waals surface area contributed by atoms with E-state index in [0.29, 0.717) is 12.4 Å². The van der Waals surface area contributed by atoms with Crippen molar-refractivity contribution < 1.29 is 9.63 Å². The van der Waals surface area contributed by atoms with Crippen molar-refractivity contribution in [3.63, 3.8) is 0 Å². The van der Waals surface area contributed by atoms with Crippen molar-refractivity contribution in [1.29, 1.82) is 0 Å². The van der Waals surface area contributed by atoms with Gasteiger partial charge in [-0.3, -0.25) is 4.79 Å². The van der Waals surface area contributed by atoms with E-state index in [0.717, 1.165) is 13.0 Å². The Bertz CT molecular complexity index is 107. The first-order valence-electron chi connectivity index (χ1n) is 4.67. The molecule has 0 saturated carbocycles. The number of hydroxylamine groups is 1. The van der Waals surface area contributed by atoms with Gasteiger partial charge in [-0.1, -0.05) is 33.1 Å². The highest BCUT2D eigenvalue weighted by Crippen LogP contribution is 2.10. The fraction of sp³-hybridized carbons (Fsp3) is 0.889. The number of hydrogen-bond donors (Lipinski definition) is 1. The lowest BCUT2D eigenvalue weighted by Crippen LogP contribution is -2.22. The van der Waals surface area contributed by atoms with E-state index in [-0.39, 0.29) is 0 Å². The minimum absolute atomic E-state index is 0.423. The van der Waals surface area contributed by atoms with Crippen LogP contribution in [0.25, 0.3) is 0 Å². The summed E-state index contributed by atoms with van der Waals surface area (Å²) in [6.45, 7) is 5.53. The Balaban J connectivity index is 3.32. The third-order valence-corrected chi connectivity index (χ3v) is 2.05. The quantitative estimate of drug-likeness (QED) is 0.346. The van der Waals surface area contributed by atoms with Crippen molar-refractivity contribution in [2.24, 2.45) is 5.92 Å². The Hall–Kier alpha value is -0.570. The maximum absolute atomic E-state index is 9.80. The van der Waals surface area contributed by atoms with Gasteiger partial charge < -0.3 is 4.84 Å². The smallest absolute Gasteiger partial charge is 0.312 e. The summed E-state index contributed by atoms with van der Waals surface area (Å²) in [6, 6.07) is 0. The monoisotopic (exact) mass is 173 g/mol. The number of carbonyl (C=O) groups is 1. The second kappa shape index (κ2) is 8.53. The molecular weight excluding hydrogens is 154 g/mol. The summed E-state index contributed by atoms with van der Waals surface area (Å²) in [5.41, 5.74) is 2.63. The number of carbonyl (C=O) groups excluding carboxylic acids is 1. The molecule has 0 rings (SSSR count). The van der Waals surface area contributed by atoms with E-state index < -0.39 is 0 Å². The maximum Gasteiger partial charge on any atom is 0.312 e. The van der Waals surface area contributed by atoms with E-state index in [2.05, 4.69) is 24.2 Å². The average molecular weight is 173 g/mol. The van der Waals surface area contributed by atoms with Crippen LogP contribution in [-0.4, -0.2) is 13.0 Å². The molecule has 0 bridgehead atoms. The lowest BCUT2D eigenvalue weighted by Gasteiger charge is -2.13. The number of rotatable bonds is 8. The van der Waals surface area contributed by atoms with Crippen LogP contribution < -0.4 is 5.48 Å². The molecule has 1 unspecified atom stereocenters. The Morgan fingerprint density at radius 2 is 2.25 bits per heavy atom. The van der Waals surface area contributed by atoms with E-state index in [1.165, 1.54) is 19.3 Å². The predicted molar refractivity (Wildman–Crippen MR) is 48.5 cm³/mol. The number of hydrogen-bond acceptors (Lipinski definition) is 3.